The van der Waals surface area contributed by atoms with E-state index in [9.17, 15) is 9.18 Å². The van der Waals surface area contributed by atoms with E-state index in [0.717, 1.165) is 18.4 Å². The molecule has 1 heterocycles. The van der Waals surface area contributed by atoms with Gasteiger partial charge in [-0.15, -0.1) is 5.10 Å². The predicted octanol–water partition coefficient (Wildman–Crippen LogP) is 3.62. The summed E-state index contributed by atoms with van der Waals surface area (Å²) in [5.41, 5.74) is 1.39. The van der Waals surface area contributed by atoms with E-state index in [2.05, 4.69) is 20.8 Å². The topological polar surface area (TPSA) is 72.7 Å². The van der Waals surface area contributed by atoms with Gasteiger partial charge in [0.15, 0.2) is 0 Å². The van der Waals surface area contributed by atoms with Crippen LogP contribution in [0.4, 0.5) is 10.1 Å². The molecule has 26 heavy (non-hydrogen) atoms. The molecule has 0 spiro atoms. The lowest BCUT2D eigenvalue weighted by molar-refractivity contribution is -0.115. The molecular formula is C18H16FN5OS. The van der Waals surface area contributed by atoms with Gasteiger partial charge in [0.1, 0.15) is 11.1 Å². The summed E-state index contributed by atoms with van der Waals surface area (Å²) in [6.07, 6.45) is 2.10. The summed E-state index contributed by atoms with van der Waals surface area (Å²) in [6.45, 7) is 0. The van der Waals surface area contributed by atoms with Crippen molar-refractivity contribution in [3.63, 3.8) is 0 Å². The fourth-order valence-electron chi connectivity index (χ4n) is 2.56. The monoisotopic (exact) mass is 369 g/mol. The standard InChI is InChI=1S/C18H16FN5OS/c19-13-6-8-14(9-7-13)20-17(25)16(12-4-2-1-3-5-12)26-18-21-22-23-24(18)15-10-11-15/h1-9,15-16H,10-11H2,(H,20,25). The van der Waals surface area contributed by atoms with Gasteiger partial charge in [-0.25, -0.2) is 9.07 Å². The lowest BCUT2D eigenvalue weighted by Gasteiger charge is -2.16. The Labute approximate surface area is 153 Å². The van der Waals surface area contributed by atoms with Crippen LogP contribution in [0, 0.1) is 5.82 Å². The Morgan fingerprint density at radius 1 is 1.15 bits per heavy atom. The van der Waals surface area contributed by atoms with E-state index < -0.39 is 5.25 Å². The van der Waals surface area contributed by atoms with Crippen LogP contribution in [0.1, 0.15) is 29.7 Å². The molecule has 1 atom stereocenters. The molecule has 0 aliphatic heterocycles. The van der Waals surface area contributed by atoms with E-state index in [1.165, 1.54) is 36.0 Å². The molecule has 6 nitrogen and oxygen atoms in total. The van der Waals surface area contributed by atoms with Crippen LogP contribution in [0.3, 0.4) is 0 Å². The normalized spacial score (nSPS) is 14.8. The number of halogens is 1. The van der Waals surface area contributed by atoms with E-state index in [0.29, 0.717) is 16.9 Å². The molecule has 0 saturated heterocycles. The Hall–Kier alpha value is -2.74. The molecule has 1 unspecified atom stereocenters. The zero-order valence-corrected chi connectivity index (χ0v) is 14.6. The molecule has 1 amide bonds. The van der Waals surface area contributed by atoms with Gasteiger partial charge in [0, 0.05) is 5.69 Å². The number of hydrogen-bond acceptors (Lipinski definition) is 5. The first-order valence-electron chi connectivity index (χ1n) is 8.26. The van der Waals surface area contributed by atoms with Gasteiger partial charge >= 0.3 is 0 Å². The van der Waals surface area contributed by atoms with Gasteiger partial charge in [0.25, 0.3) is 0 Å². The highest BCUT2D eigenvalue weighted by Gasteiger charge is 2.31. The number of thioether (sulfide) groups is 1. The van der Waals surface area contributed by atoms with Gasteiger partial charge in [0.2, 0.25) is 11.1 Å². The summed E-state index contributed by atoms with van der Waals surface area (Å²) in [7, 11) is 0. The molecule has 4 rings (SSSR count). The Morgan fingerprint density at radius 2 is 1.88 bits per heavy atom. The summed E-state index contributed by atoms with van der Waals surface area (Å²) in [5.74, 6) is -0.557. The molecule has 3 aromatic rings. The molecule has 2 aromatic carbocycles. The number of anilines is 1. The van der Waals surface area contributed by atoms with E-state index in [-0.39, 0.29) is 11.7 Å². The number of rotatable bonds is 6. The summed E-state index contributed by atoms with van der Waals surface area (Å²) in [5, 5.41) is 14.8. The second-order valence-corrected chi connectivity index (χ2v) is 7.11. The molecule has 132 valence electrons. The van der Waals surface area contributed by atoms with Gasteiger partial charge in [-0.3, -0.25) is 4.79 Å². The first-order valence-corrected chi connectivity index (χ1v) is 9.14. The minimum atomic E-state index is -0.523. The van der Waals surface area contributed by atoms with E-state index in [4.69, 9.17) is 0 Å². The zero-order valence-electron chi connectivity index (χ0n) is 13.7. The molecule has 1 aromatic heterocycles. The largest absolute Gasteiger partial charge is 0.325 e. The summed E-state index contributed by atoms with van der Waals surface area (Å²) >= 11 is 1.31. The maximum Gasteiger partial charge on any atom is 0.242 e. The number of aromatic nitrogens is 4. The van der Waals surface area contributed by atoms with E-state index >= 15 is 0 Å². The van der Waals surface area contributed by atoms with Crippen LogP contribution >= 0.6 is 11.8 Å². The van der Waals surface area contributed by atoms with Gasteiger partial charge in [-0.1, -0.05) is 42.1 Å². The Bertz CT molecular complexity index is 895. The number of carbonyl (C=O) groups excluding carboxylic acids is 1. The third kappa shape index (κ3) is 3.75. The van der Waals surface area contributed by atoms with Crippen LogP contribution < -0.4 is 5.32 Å². The minimum absolute atomic E-state index is 0.210. The van der Waals surface area contributed by atoms with Crippen LogP contribution in [0.15, 0.2) is 59.8 Å². The quantitative estimate of drug-likeness (QED) is 0.672. The number of nitrogens with one attached hydrogen (secondary N) is 1. The second-order valence-electron chi connectivity index (χ2n) is 6.04. The van der Waals surface area contributed by atoms with Crippen molar-refractivity contribution in [1.82, 2.24) is 20.2 Å². The molecule has 1 aliphatic rings. The number of carbonyl (C=O) groups is 1. The molecule has 1 fully saturated rings. The van der Waals surface area contributed by atoms with Crippen LogP contribution in [0.25, 0.3) is 0 Å². The highest BCUT2D eigenvalue weighted by Crippen LogP contribution is 2.40. The van der Waals surface area contributed by atoms with Crippen molar-refractivity contribution in [2.75, 3.05) is 5.32 Å². The summed E-state index contributed by atoms with van der Waals surface area (Å²) in [4.78, 5) is 12.9. The van der Waals surface area contributed by atoms with Crippen molar-refractivity contribution < 1.29 is 9.18 Å². The third-order valence-corrected chi connectivity index (χ3v) is 5.23. The number of amides is 1. The first kappa shape index (κ1) is 16.7. The third-order valence-electron chi connectivity index (χ3n) is 4.03. The number of tetrazole rings is 1. The predicted molar refractivity (Wildman–Crippen MR) is 96.2 cm³/mol. The van der Waals surface area contributed by atoms with Gasteiger partial charge in [-0.05, 0) is 53.1 Å². The highest BCUT2D eigenvalue weighted by atomic mass is 32.2. The fourth-order valence-corrected chi connectivity index (χ4v) is 3.61. The van der Waals surface area contributed by atoms with Gasteiger partial charge in [-0.2, -0.15) is 0 Å². The van der Waals surface area contributed by atoms with Crippen molar-refractivity contribution >= 4 is 23.4 Å². The Morgan fingerprint density at radius 3 is 2.58 bits per heavy atom. The molecule has 0 radical (unpaired) electrons. The minimum Gasteiger partial charge on any atom is -0.325 e. The second kappa shape index (κ2) is 7.25. The summed E-state index contributed by atoms with van der Waals surface area (Å²) in [6, 6.07) is 15.5. The average molecular weight is 369 g/mol. The average Bonchev–Trinajstić information content (AvgIpc) is 3.40. The molecule has 1 aliphatic carbocycles. The number of benzene rings is 2. The van der Waals surface area contributed by atoms with Crippen molar-refractivity contribution in [1.29, 1.82) is 0 Å². The van der Waals surface area contributed by atoms with Crippen molar-refractivity contribution in [3.05, 3.63) is 66.0 Å². The fraction of sp³-hybridized carbons (Fsp3) is 0.222. The van der Waals surface area contributed by atoms with Gasteiger partial charge in [0.05, 0.1) is 6.04 Å². The van der Waals surface area contributed by atoms with E-state index in [1.807, 2.05) is 30.3 Å². The number of hydrogen-bond donors (Lipinski definition) is 1. The first-order chi connectivity index (χ1) is 12.7. The SMILES string of the molecule is O=C(Nc1ccc(F)cc1)C(Sc1nnnn1C1CC1)c1ccccc1. The lowest BCUT2D eigenvalue weighted by Crippen LogP contribution is -2.19. The van der Waals surface area contributed by atoms with Crippen LogP contribution in [-0.4, -0.2) is 26.1 Å². The zero-order chi connectivity index (χ0) is 17.9. The molecule has 8 heteroatoms. The maximum absolute atomic E-state index is 13.1. The number of nitrogens with zero attached hydrogens (tertiary/aromatic N) is 4. The Kier molecular flexibility index (Phi) is 4.66. The smallest absolute Gasteiger partial charge is 0.242 e. The van der Waals surface area contributed by atoms with Gasteiger partial charge < -0.3 is 5.32 Å². The van der Waals surface area contributed by atoms with Crippen molar-refractivity contribution in [3.8, 4) is 0 Å². The molecule has 0 bridgehead atoms. The van der Waals surface area contributed by atoms with Crippen LogP contribution in [0.5, 0.6) is 0 Å². The van der Waals surface area contributed by atoms with Crippen LogP contribution in [0.2, 0.25) is 0 Å². The van der Waals surface area contributed by atoms with Crippen molar-refractivity contribution in [2.45, 2.75) is 29.3 Å². The highest BCUT2D eigenvalue weighted by molar-refractivity contribution is 8.00. The maximum atomic E-state index is 13.1. The summed E-state index contributed by atoms with van der Waals surface area (Å²) < 4.78 is 14.9. The van der Waals surface area contributed by atoms with Crippen molar-refractivity contribution in [2.24, 2.45) is 0 Å². The molecular weight excluding hydrogens is 353 g/mol. The lowest BCUT2D eigenvalue weighted by atomic mass is 10.1. The molecule has 1 saturated carbocycles. The van der Waals surface area contributed by atoms with E-state index in [1.54, 1.807) is 4.68 Å². The van der Waals surface area contributed by atoms with Crippen LogP contribution in [-0.2, 0) is 4.79 Å². The molecule has 1 N–H and O–H groups in total. The Balaban J connectivity index is 1.59.